The summed E-state index contributed by atoms with van der Waals surface area (Å²) in [6.45, 7) is 2.70. The number of hydrogen-bond donors (Lipinski definition) is 1. The van der Waals surface area contributed by atoms with E-state index in [0.717, 1.165) is 6.54 Å². The molecular weight excluding hydrogens is 246 g/mol. The SMILES string of the molecule is CSC1(CNc2nnc(C(C)Cl)o2)CCC1. The van der Waals surface area contributed by atoms with Gasteiger partial charge in [0, 0.05) is 11.3 Å². The molecule has 0 radical (unpaired) electrons. The van der Waals surface area contributed by atoms with Gasteiger partial charge in [-0.2, -0.15) is 11.8 Å². The van der Waals surface area contributed by atoms with Crippen LogP contribution in [0.2, 0.25) is 0 Å². The number of anilines is 1. The molecule has 0 bridgehead atoms. The maximum Gasteiger partial charge on any atom is 0.315 e. The van der Waals surface area contributed by atoms with E-state index in [1.807, 2.05) is 18.7 Å². The first kappa shape index (κ1) is 12.0. The highest BCUT2D eigenvalue weighted by Crippen LogP contribution is 2.42. The third-order valence-electron chi connectivity index (χ3n) is 3.04. The standard InChI is InChI=1S/C10H16ClN3OS/c1-7(11)8-13-14-9(15-8)12-6-10(16-2)4-3-5-10/h7H,3-6H2,1-2H3,(H,12,14). The minimum atomic E-state index is -0.235. The van der Waals surface area contributed by atoms with E-state index >= 15 is 0 Å². The Labute approximate surface area is 105 Å². The average molecular weight is 262 g/mol. The fraction of sp³-hybridized carbons (Fsp3) is 0.800. The lowest BCUT2D eigenvalue weighted by Crippen LogP contribution is -2.40. The molecule has 1 fully saturated rings. The summed E-state index contributed by atoms with van der Waals surface area (Å²) in [6.07, 6.45) is 5.99. The van der Waals surface area contributed by atoms with Gasteiger partial charge in [0.05, 0.1) is 0 Å². The molecule has 90 valence electrons. The highest BCUT2D eigenvalue weighted by atomic mass is 35.5. The quantitative estimate of drug-likeness (QED) is 0.826. The molecule has 0 spiro atoms. The van der Waals surface area contributed by atoms with Crippen LogP contribution in [-0.4, -0.2) is 27.7 Å². The van der Waals surface area contributed by atoms with Crippen molar-refractivity contribution in [2.24, 2.45) is 0 Å². The molecule has 1 aromatic rings. The van der Waals surface area contributed by atoms with Crippen LogP contribution < -0.4 is 5.32 Å². The summed E-state index contributed by atoms with van der Waals surface area (Å²) >= 11 is 7.76. The van der Waals surface area contributed by atoms with Gasteiger partial charge in [-0.3, -0.25) is 0 Å². The molecule has 2 rings (SSSR count). The lowest BCUT2D eigenvalue weighted by atomic mass is 9.84. The Kier molecular flexibility index (Phi) is 3.64. The fourth-order valence-corrected chi connectivity index (χ4v) is 2.73. The molecule has 4 nitrogen and oxygen atoms in total. The van der Waals surface area contributed by atoms with Gasteiger partial charge in [0.15, 0.2) is 0 Å². The van der Waals surface area contributed by atoms with E-state index in [2.05, 4.69) is 21.8 Å². The Morgan fingerprint density at radius 3 is 2.75 bits per heavy atom. The van der Waals surface area contributed by atoms with E-state index in [4.69, 9.17) is 16.0 Å². The molecule has 1 saturated carbocycles. The van der Waals surface area contributed by atoms with Crippen LogP contribution in [0.5, 0.6) is 0 Å². The minimum Gasteiger partial charge on any atom is -0.407 e. The predicted octanol–water partition coefficient (Wildman–Crippen LogP) is 3.07. The van der Waals surface area contributed by atoms with E-state index in [1.54, 1.807) is 0 Å². The topological polar surface area (TPSA) is 51.0 Å². The van der Waals surface area contributed by atoms with Crippen molar-refractivity contribution in [3.63, 3.8) is 0 Å². The van der Waals surface area contributed by atoms with Crippen LogP contribution in [0.25, 0.3) is 0 Å². The molecule has 1 aliphatic carbocycles. The first-order valence-electron chi connectivity index (χ1n) is 5.42. The molecule has 1 N–H and O–H groups in total. The number of rotatable bonds is 5. The first-order chi connectivity index (χ1) is 7.65. The van der Waals surface area contributed by atoms with Crippen molar-refractivity contribution >= 4 is 29.4 Å². The first-order valence-corrected chi connectivity index (χ1v) is 7.08. The second-order valence-corrected chi connectivity index (χ2v) is 6.08. The van der Waals surface area contributed by atoms with Crippen LogP contribution in [0.4, 0.5) is 6.01 Å². The zero-order chi connectivity index (χ0) is 11.6. The number of aromatic nitrogens is 2. The van der Waals surface area contributed by atoms with Gasteiger partial charge in [-0.15, -0.1) is 16.7 Å². The van der Waals surface area contributed by atoms with Gasteiger partial charge in [-0.05, 0) is 26.0 Å². The Morgan fingerprint density at radius 1 is 1.56 bits per heavy atom. The van der Waals surface area contributed by atoms with Crippen molar-refractivity contribution in [3.8, 4) is 0 Å². The van der Waals surface area contributed by atoms with Crippen LogP contribution in [0, 0.1) is 0 Å². The third-order valence-corrected chi connectivity index (χ3v) is 4.65. The van der Waals surface area contributed by atoms with Crippen LogP contribution in [-0.2, 0) is 0 Å². The summed E-state index contributed by atoms with van der Waals surface area (Å²) in [5.41, 5.74) is 0. The van der Waals surface area contributed by atoms with Crippen molar-refractivity contribution in [1.29, 1.82) is 0 Å². The molecule has 0 aromatic carbocycles. The van der Waals surface area contributed by atoms with Crippen molar-refractivity contribution in [2.45, 2.75) is 36.3 Å². The summed E-state index contributed by atoms with van der Waals surface area (Å²) in [7, 11) is 0. The number of halogens is 1. The highest BCUT2D eigenvalue weighted by Gasteiger charge is 2.36. The van der Waals surface area contributed by atoms with E-state index in [-0.39, 0.29) is 5.38 Å². The van der Waals surface area contributed by atoms with Crippen LogP contribution in [0.15, 0.2) is 4.42 Å². The zero-order valence-corrected chi connectivity index (χ0v) is 11.1. The molecule has 6 heteroatoms. The molecule has 0 saturated heterocycles. The van der Waals surface area contributed by atoms with E-state index in [9.17, 15) is 0 Å². The Bertz CT molecular complexity index is 346. The molecule has 1 aromatic heterocycles. The zero-order valence-electron chi connectivity index (χ0n) is 9.49. The maximum absolute atomic E-state index is 5.84. The second-order valence-electron chi connectivity index (χ2n) is 4.16. The molecule has 1 unspecified atom stereocenters. The Balaban J connectivity index is 1.89. The Morgan fingerprint density at radius 2 is 2.31 bits per heavy atom. The molecule has 1 aliphatic rings. The lowest BCUT2D eigenvalue weighted by molar-refractivity contribution is 0.376. The van der Waals surface area contributed by atoms with Gasteiger partial charge in [-0.25, -0.2) is 0 Å². The minimum absolute atomic E-state index is 0.235. The number of nitrogens with zero attached hydrogens (tertiary/aromatic N) is 2. The fourth-order valence-electron chi connectivity index (χ4n) is 1.73. The van der Waals surface area contributed by atoms with E-state index in [1.165, 1.54) is 19.3 Å². The maximum atomic E-state index is 5.84. The molecule has 16 heavy (non-hydrogen) atoms. The van der Waals surface area contributed by atoms with Crippen molar-refractivity contribution in [2.75, 3.05) is 18.1 Å². The smallest absolute Gasteiger partial charge is 0.315 e. The Hall–Kier alpha value is -0.420. The number of thioether (sulfide) groups is 1. The van der Waals surface area contributed by atoms with Gasteiger partial charge in [0.2, 0.25) is 5.89 Å². The molecule has 0 amide bonds. The third kappa shape index (κ3) is 2.46. The average Bonchev–Trinajstić information content (AvgIpc) is 2.65. The summed E-state index contributed by atoms with van der Waals surface area (Å²) < 4.78 is 5.74. The highest BCUT2D eigenvalue weighted by molar-refractivity contribution is 8.00. The van der Waals surface area contributed by atoms with E-state index in [0.29, 0.717) is 16.7 Å². The van der Waals surface area contributed by atoms with Crippen LogP contribution in [0.3, 0.4) is 0 Å². The molecule has 1 atom stereocenters. The number of alkyl halides is 1. The molecule has 1 heterocycles. The van der Waals surface area contributed by atoms with Gasteiger partial charge in [0.1, 0.15) is 5.38 Å². The summed E-state index contributed by atoms with van der Waals surface area (Å²) in [5, 5.41) is 10.7. The normalized spacial score (nSPS) is 20.2. The van der Waals surface area contributed by atoms with Gasteiger partial charge in [-0.1, -0.05) is 11.5 Å². The number of hydrogen-bond acceptors (Lipinski definition) is 5. The summed E-state index contributed by atoms with van der Waals surface area (Å²) in [4.78, 5) is 0. The summed E-state index contributed by atoms with van der Waals surface area (Å²) in [6, 6.07) is 0.475. The van der Waals surface area contributed by atoms with E-state index < -0.39 is 0 Å². The van der Waals surface area contributed by atoms with Crippen molar-refractivity contribution in [3.05, 3.63) is 5.89 Å². The lowest BCUT2D eigenvalue weighted by Gasteiger charge is -2.40. The molecular formula is C10H16ClN3OS. The van der Waals surface area contributed by atoms with Crippen LogP contribution >= 0.6 is 23.4 Å². The second kappa shape index (κ2) is 4.84. The monoisotopic (exact) mass is 261 g/mol. The predicted molar refractivity (Wildman–Crippen MR) is 67.2 cm³/mol. The van der Waals surface area contributed by atoms with Crippen molar-refractivity contribution < 1.29 is 4.42 Å². The molecule has 0 aliphatic heterocycles. The largest absolute Gasteiger partial charge is 0.407 e. The number of nitrogens with one attached hydrogen (secondary N) is 1. The van der Waals surface area contributed by atoms with Crippen LogP contribution in [0.1, 0.15) is 37.5 Å². The van der Waals surface area contributed by atoms with Gasteiger partial charge in [0.25, 0.3) is 0 Å². The summed E-state index contributed by atoms with van der Waals surface area (Å²) in [5.74, 6) is 0.468. The van der Waals surface area contributed by atoms with Crippen molar-refractivity contribution in [1.82, 2.24) is 10.2 Å². The van der Waals surface area contributed by atoms with Gasteiger partial charge < -0.3 is 9.73 Å². The van der Waals surface area contributed by atoms with Gasteiger partial charge >= 0.3 is 6.01 Å².